The molecule has 0 radical (unpaired) electrons. The lowest BCUT2D eigenvalue weighted by molar-refractivity contribution is 0.214. The van der Waals surface area contributed by atoms with Gasteiger partial charge in [0.1, 0.15) is 11.6 Å². The van der Waals surface area contributed by atoms with Crippen LogP contribution in [0.4, 0.5) is 4.39 Å². The maximum absolute atomic E-state index is 14.6. The molecule has 1 saturated heterocycles. The highest BCUT2D eigenvalue weighted by molar-refractivity contribution is 5.91. The third-order valence-corrected chi connectivity index (χ3v) is 6.26. The monoisotopic (exact) mass is 395 g/mol. The summed E-state index contributed by atoms with van der Waals surface area (Å²) >= 11 is 0. The average Bonchev–Trinajstić information content (AvgIpc) is 3.08. The van der Waals surface area contributed by atoms with Gasteiger partial charge in [-0.3, -0.25) is 0 Å². The van der Waals surface area contributed by atoms with Crippen molar-refractivity contribution in [3.8, 4) is 17.0 Å². The highest BCUT2D eigenvalue weighted by Crippen LogP contribution is 2.35. The summed E-state index contributed by atoms with van der Waals surface area (Å²) in [4.78, 5) is 5.96. The third kappa shape index (κ3) is 4.02. The van der Waals surface area contributed by atoms with Gasteiger partial charge in [0.25, 0.3) is 0 Å². The zero-order valence-electron chi connectivity index (χ0n) is 17.5. The molecule has 2 heterocycles. The highest BCUT2D eigenvalue weighted by atomic mass is 19.1. The Morgan fingerprint density at radius 1 is 1.17 bits per heavy atom. The molecule has 2 aromatic carbocycles. The van der Waals surface area contributed by atoms with Gasteiger partial charge >= 0.3 is 0 Å². The van der Waals surface area contributed by atoms with Crippen molar-refractivity contribution in [1.29, 1.82) is 0 Å². The summed E-state index contributed by atoms with van der Waals surface area (Å²) in [6, 6.07) is 11.7. The third-order valence-electron chi connectivity index (χ3n) is 6.26. The van der Waals surface area contributed by atoms with Crippen molar-refractivity contribution >= 4 is 10.9 Å². The summed E-state index contributed by atoms with van der Waals surface area (Å²) in [6.45, 7) is 6.54. The van der Waals surface area contributed by atoms with E-state index >= 15 is 0 Å². The molecule has 0 unspecified atom stereocenters. The molecule has 29 heavy (non-hydrogen) atoms. The van der Waals surface area contributed by atoms with E-state index in [0.29, 0.717) is 17.2 Å². The van der Waals surface area contributed by atoms with E-state index in [1.54, 1.807) is 19.2 Å². The van der Waals surface area contributed by atoms with Gasteiger partial charge in [-0.1, -0.05) is 6.07 Å². The average molecular weight is 396 g/mol. The van der Waals surface area contributed by atoms with E-state index < -0.39 is 0 Å². The molecule has 4 rings (SSSR count). The predicted molar refractivity (Wildman–Crippen MR) is 117 cm³/mol. The number of aromatic amines is 1. The van der Waals surface area contributed by atoms with Gasteiger partial charge < -0.3 is 19.9 Å². The Kier molecular flexibility index (Phi) is 5.88. The number of hydrogen-bond donors (Lipinski definition) is 2. The van der Waals surface area contributed by atoms with Crippen LogP contribution in [0.2, 0.25) is 0 Å². The van der Waals surface area contributed by atoms with Crippen LogP contribution in [0.15, 0.2) is 36.4 Å². The fourth-order valence-corrected chi connectivity index (χ4v) is 4.45. The number of benzene rings is 2. The molecule has 4 nitrogen and oxygen atoms in total. The molecular formula is C24H30FN3O. The number of aryl methyl sites for hydroxylation is 1. The number of nitrogens with zero attached hydrogens (tertiary/aromatic N) is 1. The molecule has 1 aliphatic heterocycles. The lowest BCUT2D eigenvalue weighted by atomic mass is 9.88. The number of likely N-dealkylation sites (tertiary alicyclic amines) is 1. The van der Waals surface area contributed by atoms with E-state index in [4.69, 9.17) is 4.74 Å². The van der Waals surface area contributed by atoms with E-state index in [1.807, 2.05) is 7.05 Å². The second-order valence-electron chi connectivity index (χ2n) is 8.00. The van der Waals surface area contributed by atoms with Crippen LogP contribution in [0.5, 0.6) is 5.75 Å². The SMILES string of the molecule is CNCCN1CCC(c2ccc3[nH]c(-c4ccc(OC)cc4F)c(C)c3c2)CC1. The first-order chi connectivity index (χ1) is 14.1. The van der Waals surface area contributed by atoms with Gasteiger partial charge in [-0.15, -0.1) is 0 Å². The molecule has 154 valence electrons. The van der Waals surface area contributed by atoms with Crippen molar-refractivity contribution in [2.24, 2.45) is 0 Å². The van der Waals surface area contributed by atoms with Crippen molar-refractivity contribution in [3.63, 3.8) is 0 Å². The summed E-state index contributed by atoms with van der Waals surface area (Å²) in [5.74, 6) is 0.859. The maximum Gasteiger partial charge on any atom is 0.136 e. The molecule has 0 aliphatic carbocycles. The minimum absolute atomic E-state index is 0.270. The molecule has 0 amide bonds. The number of hydrogen-bond acceptors (Lipinski definition) is 3. The van der Waals surface area contributed by atoms with Crippen LogP contribution in [0.25, 0.3) is 22.2 Å². The lowest BCUT2D eigenvalue weighted by Gasteiger charge is -2.32. The Labute approximate surface area is 172 Å². The second-order valence-corrected chi connectivity index (χ2v) is 8.00. The minimum Gasteiger partial charge on any atom is -0.497 e. The molecular weight excluding hydrogens is 365 g/mol. The van der Waals surface area contributed by atoms with Crippen molar-refractivity contribution in [2.75, 3.05) is 40.3 Å². The highest BCUT2D eigenvalue weighted by Gasteiger charge is 2.21. The normalized spacial score (nSPS) is 15.9. The number of halogens is 1. The van der Waals surface area contributed by atoms with Gasteiger partial charge in [-0.25, -0.2) is 4.39 Å². The van der Waals surface area contributed by atoms with Gasteiger partial charge in [0.05, 0.1) is 12.8 Å². The van der Waals surface area contributed by atoms with Gasteiger partial charge in [0.15, 0.2) is 0 Å². The summed E-state index contributed by atoms with van der Waals surface area (Å²) in [5.41, 5.74) is 4.98. The Balaban J connectivity index is 1.59. The Hall–Kier alpha value is -2.37. The fraction of sp³-hybridized carbons (Fsp3) is 0.417. The zero-order valence-corrected chi connectivity index (χ0v) is 17.5. The predicted octanol–water partition coefficient (Wildman–Crippen LogP) is 4.69. The van der Waals surface area contributed by atoms with Crippen LogP contribution in [-0.2, 0) is 0 Å². The zero-order chi connectivity index (χ0) is 20.4. The van der Waals surface area contributed by atoms with Crippen LogP contribution in [0.3, 0.4) is 0 Å². The van der Waals surface area contributed by atoms with Crippen LogP contribution in [-0.4, -0.2) is 50.2 Å². The van der Waals surface area contributed by atoms with Gasteiger partial charge in [0, 0.05) is 35.6 Å². The maximum atomic E-state index is 14.6. The molecule has 0 bridgehead atoms. The quantitative estimate of drug-likeness (QED) is 0.636. The first kappa shape index (κ1) is 19.9. The molecule has 1 aliphatic rings. The van der Waals surface area contributed by atoms with Crippen molar-refractivity contribution in [3.05, 3.63) is 53.3 Å². The topological polar surface area (TPSA) is 40.3 Å². The minimum atomic E-state index is -0.270. The fourth-order valence-electron chi connectivity index (χ4n) is 4.45. The largest absolute Gasteiger partial charge is 0.497 e. The second kappa shape index (κ2) is 8.56. The Morgan fingerprint density at radius 3 is 2.66 bits per heavy atom. The Bertz CT molecular complexity index is 989. The van der Waals surface area contributed by atoms with E-state index in [-0.39, 0.29) is 5.82 Å². The van der Waals surface area contributed by atoms with Crippen molar-refractivity contribution in [1.82, 2.24) is 15.2 Å². The number of fused-ring (bicyclic) bond motifs is 1. The molecule has 1 fully saturated rings. The number of H-pyrrole nitrogens is 1. The van der Waals surface area contributed by atoms with Gasteiger partial charge in [0.2, 0.25) is 0 Å². The molecule has 5 heteroatoms. The molecule has 2 N–H and O–H groups in total. The summed E-state index contributed by atoms with van der Waals surface area (Å²) in [6.07, 6.45) is 2.39. The number of aromatic nitrogens is 1. The van der Waals surface area contributed by atoms with E-state index in [1.165, 1.54) is 29.9 Å². The Morgan fingerprint density at radius 2 is 1.97 bits per heavy atom. The van der Waals surface area contributed by atoms with Crippen molar-refractivity contribution < 1.29 is 9.13 Å². The first-order valence-electron chi connectivity index (χ1n) is 10.4. The number of ether oxygens (including phenoxy) is 1. The molecule has 0 saturated carbocycles. The summed E-state index contributed by atoms with van der Waals surface area (Å²) in [7, 11) is 3.56. The number of likely N-dealkylation sites (N-methyl/N-ethyl adjacent to an activating group) is 1. The van der Waals surface area contributed by atoms with Gasteiger partial charge in [-0.2, -0.15) is 0 Å². The number of nitrogens with one attached hydrogen (secondary N) is 2. The summed E-state index contributed by atoms with van der Waals surface area (Å²) < 4.78 is 19.7. The number of methoxy groups -OCH3 is 1. The first-order valence-corrected chi connectivity index (χ1v) is 10.4. The molecule has 0 spiro atoms. The van der Waals surface area contributed by atoms with Crippen LogP contribution < -0.4 is 10.1 Å². The van der Waals surface area contributed by atoms with Crippen molar-refractivity contribution in [2.45, 2.75) is 25.7 Å². The van der Waals surface area contributed by atoms with E-state index in [0.717, 1.165) is 43.0 Å². The number of piperidine rings is 1. The van der Waals surface area contributed by atoms with Crippen LogP contribution in [0.1, 0.15) is 29.9 Å². The molecule has 1 aromatic heterocycles. The van der Waals surface area contributed by atoms with Gasteiger partial charge in [-0.05, 0) is 81.2 Å². The number of rotatable bonds is 6. The standard InChI is InChI=1S/C24H30FN3O/c1-16-21-14-18(17-8-11-28(12-9-17)13-10-26-2)4-7-23(21)27-24(16)20-6-5-19(29-3)15-22(20)25/h4-7,14-15,17,26-27H,8-13H2,1-3H3. The lowest BCUT2D eigenvalue weighted by Crippen LogP contribution is -2.37. The molecule has 3 aromatic rings. The summed E-state index contributed by atoms with van der Waals surface area (Å²) in [5, 5.41) is 4.42. The van der Waals surface area contributed by atoms with E-state index in [9.17, 15) is 4.39 Å². The smallest absolute Gasteiger partial charge is 0.136 e. The molecule has 0 atom stereocenters. The van der Waals surface area contributed by atoms with Crippen LogP contribution >= 0.6 is 0 Å². The van der Waals surface area contributed by atoms with E-state index in [2.05, 4.69) is 40.3 Å². The van der Waals surface area contributed by atoms with Crippen LogP contribution in [0, 0.1) is 12.7 Å².